The van der Waals surface area contributed by atoms with Crippen LogP contribution in [0.5, 0.6) is 0 Å². The summed E-state index contributed by atoms with van der Waals surface area (Å²) in [5.74, 6) is 0.310. The Bertz CT molecular complexity index is 465. The second kappa shape index (κ2) is 8.57. The zero-order valence-electron chi connectivity index (χ0n) is 13.3. The van der Waals surface area contributed by atoms with Crippen molar-refractivity contribution in [1.29, 1.82) is 0 Å². The highest BCUT2D eigenvalue weighted by molar-refractivity contribution is 6.00. The number of hydrogen-bond donors (Lipinski definition) is 1. The zero-order valence-corrected chi connectivity index (χ0v) is 13.3. The number of ether oxygens (including phenoxy) is 1. The molecule has 1 rings (SSSR count). The van der Waals surface area contributed by atoms with Gasteiger partial charge in [0.25, 0.3) is 0 Å². The lowest BCUT2D eigenvalue weighted by molar-refractivity contribution is -0.140. The molecule has 4 heteroatoms. The molecule has 4 nitrogen and oxygen atoms in total. The molecule has 21 heavy (non-hydrogen) atoms. The quantitative estimate of drug-likeness (QED) is 0.591. The van der Waals surface area contributed by atoms with Crippen LogP contribution in [0.4, 0.5) is 0 Å². The molecular formula is C17H25NO3. The molecule has 1 N–H and O–H groups in total. The number of rotatable bonds is 8. The Morgan fingerprint density at radius 3 is 2.29 bits per heavy atom. The first-order valence-electron chi connectivity index (χ1n) is 7.35. The van der Waals surface area contributed by atoms with Gasteiger partial charge in [0.2, 0.25) is 0 Å². The summed E-state index contributed by atoms with van der Waals surface area (Å²) in [6.45, 7) is 4.34. The van der Waals surface area contributed by atoms with Gasteiger partial charge in [0, 0.05) is 12.0 Å². The number of esters is 1. The number of carbonyl (C=O) groups excluding carboxylic acids is 2. The van der Waals surface area contributed by atoms with E-state index in [1.54, 1.807) is 7.05 Å². The van der Waals surface area contributed by atoms with Crippen LogP contribution < -0.4 is 5.32 Å². The van der Waals surface area contributed by atoms with E-state index in [1.165, 1.54) is 12.7 Å². The van der Waals surface area contributed by atoms with E-state index in [-0.39, 0.29) is 24.2 Å². The van der Waals surface area contributed by atoms with E-state index in [1.807, 2.05) is 24.3 Å². The molecule has 0 aliphatic carbocycles. The summed E-state index contributed by atoms with van der Waals surface area (Å²) in [5, 5.41) is 2.97. The Hall–Kier alpha value is -1.68. The van der Waals surface area contributed by atoms with Gasteiger partial charge >= 0.3 is 5.97 Å². The van der Waals surface area contributed by atoms with E-state index in [0.29, 0.717) is 17.9 Å². The molecule has 1 unspecified atom stereocenters. The predicted octanol–water partition coefficient (Wildman–Crippen LogP) is 2.61. The van der Waals surface area contributed by atoms with E-state index in [2.05, 4.69) is 23.9 Å². The van der Waals surface area contributed by atoms with Crippen LogP contribution in [0.15, 0.2) is 24.3 Å². The van der Waals surface area contributed by atoms with Crippen molar-refractivity contribution in [3.63, 3.8) is 0 Å². The van der Waals surface area contributed by atoms with Crippen LogP contribution in [-0.2, 0) is 16.0 Å². The lowest BCUT2D eigenvalue weighted by Gasteiger charge is -2.15. The van der Waals surface area contributed by atoms with Crippen molar-refractivity contribution in [1.82, 2.24) is 5.32 Å². The summed E-state index contributed by atoms with van der Waals surface area (Å²) in [6.07, 6.45) is 1.68. The maximum absolute atomic E-state index is 12.4. The summed E-state index contributed by atoms with van der Waals surface area (Å²) >= 11 is 0. The zero-order chi connectivity index (χ0) is 15.8. The van der Waals surface area contributed by atoms with Crippen LogP contribution in [0.3, 0.4) is 0 Å². The highest BCUT2D eigenvalue weighted by atomic mass is 16.5. The molecule has 0 radical (unpaired) electrons. The molecule has 0 bridgehead atoms. The third-order valence-corrected chi connectivity index (χ3v) is 3.41. The first-order chi connectivity index (χ1) is 9.97. The molecule has 0 aliphatic heterocycles. The van der Waals surface area contributed by atoms with E-state index in [4.69, 9.17) is 0 Å². The van der Waals surface area contributed by atoms with Gasteiger partial charge in [0.1, 0.15) is 0 Å². The molecule has 1 aromatic rings. The van der Waals surface area contributed by atoms with Crippen molar-refractivity contribution in [3.05, 3.63) is 35.4 Å². The van der Waals surface area contributed by atoms with E-state index < -0.39 is 0 Å². The third kappa shape index (κ3) is 5.68. The van der Waals surface area contributed by atoms with Crippen LogP contribution >= 0.6 is 0 Å². The first kappa shape index (κ1) is 17.4. The average Bonchev–Trinajstić information content (AvgIpc) is 2.47. The monoisotopic (exact) mass is 291 g/mol. The van der Waals surface area contributed by atoms with Crippen LogP contribution in [0.1, 0.15) is 42.6 Å². The summed E-state index contributed by atoms with van der Waals surface area (Å²) in [7, 11) is 3.08. The largest absolute Gasteiger partial charge is 0.469 e. The Morgan fingerprint density at radius 1 is 1.19 bits per heavy atom. The summed E-state index contributed by atoms with van der Waals surface area (Å²) < 4.78 is 4.61. The SMILES string of the molecule is CNC(CCC(=O)OC)C(=O)c1ccc(CC(C)C)cc1. The molecule has 0 heterocycles. The second-order valence-electron chi connectivity index (χ2n) is 5.62. The van der Waals surface area contributed by atoms with Gasteiger partial charge in [0.05, 0.1) is 13.2 Å². The molecule has 0 saturated carbocycles. The molecule has 116 valence electrons. The summed E-state index contributed by atoms with van der Waals surface area (Å²) in [4.78, 5) is 23.6. The number of Topliss-reactive ketones (excluding diaryl/α,β-unsaturated/α-hetero) is 1. The molecule has 0 aromatic heterocycles. The molecular weight excluding hydrogens is 266 g/mol. The minimum absolute atomic E-state index is 0.0116. The van der Waals surface area contributed by atoms with E-state index >= 15 is 0 Å². The van der Waals surface area contributed by atoms with Gasteiger partial charge in [-0.05, 0) is 31.4 Å². The van der Waals surface area contributed by atoms with Crippen LogP contribution in [0.2, 0.25) is 0 Å². The van der Waals surface area contributed by atoms with Crippen molar-refractivity contribution in [2.24, 2.45) is 5.92 Å². The maximum atomic E-state index is 12.4. The molecule has 1 aromatic carbocycles. The topological polar surface area (TPSA) is 55.4 Å². The first-order valence-corrected chi connectivity index (χ1v) is 7.35. The van der Waals surface area contributed by atoms with Crippen molar-refractivity contribution >= 4 is 11.8 Å². The highest BCUT2D eigenvalue weighted by Crippen LogP contribution is 2.13. The molecule has 0 fully saturated rings. The van der Waals surface area contributed by atoms with Crippen LogP contribution in [0.25, 0.3) is 0 Å². The molecule has 0 saturated heterocycles. The fourth-order valence-electron chi connectivity index (χ4n) is 2.25. The van der Waals surface area contributed by atoms with Gasteiger partial charge < -0.3 is 10.1 Å². The predicted molar refractivity (Wildman–Crippen MR) is 83.4 cm³/mol. The number of ketones is 1. The van der Waals surface area contributed by atoms with E-state index in [9.17, 15) is 9.59 Å². The van der Waals surface area contributed by atoms with Gasteiger partial charge in [-0.3, -0.25) is 9.59 Å². The Labute approximate surface area is 126 Å². The van der Waals surface area contributed by atoms with Crippen LogP contribution in [-0.4, -0.2) is 32.0 Å². The fourth-order valence-corrected chi connectivity index (χ4v) is 2.25. The van der Waals surface area contributed by atoms with Gasteiger partial charge in [-0.15, -0.1) is 0 Å². The third-order valence-electron chi connectivity index (χ3n) is 3.41. The number of benzene rings is 1. The molecule has 0 amide bonds. The minimum Gasteiger partial charge on any atom is -0.469 e. The second-order valence-corrected chi connectivity index (χ2v) is 5.62. The Kier molecular flexibility index (Phi) is 7.09. The molecule has 1 atom stereocenters. The molecule has 0 aliphatic rings. The number of methoxy groups -OCH3 is 1. The highest BCUT2D eigenvalue weighted by Gasteiger charge is 2.19. The van der Waals surface area contributed by atoms with Crippen molar-refractivity contribution in [2.45, 2.75) is 39.2 Å². The van der Waals surface area contributed by atoms with Gasteiger partial charge in [-0.2, -0.15) is 0 Å². The Morgan fingerprint density at radius 2 is 1.81 bits per heavy atom. The van der Waals surface area contributed by atoms with Crippen molar-refractivity contribution in [2.75, 3.05) is 14.2 Å². The summed E-state index contributed by atoms with van der Waals surface area (Å²) in [5.41, 5.74) is 1.91. The number of carbonyl (C=O) groups is 2. The lowest BCUT2D eigenvalue weighted by Crippen LogP contribution is -2.34. The Balaban J connectivity index is 2.69. The standard InChI is InChI=1S/C17H25NO3/c1-12(2)11-13-5-7-14(8-6-13)17(20)15(18-3)9-10-16(19)21-4/h5-8,12,15,18H,9-11H2,1-4H3. The normalized spacial score (nSPS) is 12.2. The maximum Gasteiger partial charge on any atom is 0.305 e. The van der Waals surface area contributed by atoms with Gasteiger partial charge in [-0.25, -0.2) is 0 Å². The minimum atomic E-state index is -0.361. The number of likely N-dealkylation sites (N-methyl/N-ethyl adjacent to an activating group) is 1. The lowest BCUT2D eigenvalue weighted by atomic mass is 9.97. The van der Waals surface area contributed by atoms with Gasteiger partial charge in [-0.1, -0.05) is 38.1 Å². The van der Waals surface area contributed by atoms with Crippen LogP contribution in [0, 0.1) is 5.92 Å². The van der Waals surface area contributed by atoms with E-state index in [0.717, 1.165) is 6.42 Å². The summed E-state index contributed by atoms with van der Waals surface area (Å²) in [6, 6.07) is 7.37. The fraction of sp³-hybridized carbons (Fsp3) is 0.529. The number of hydrogen-bond acceptors (Lipinski definition) is 4. The molecule has 0 spiro atoms. The van der Waals surface area contributed by atoms with Gasteiger partial charge in [0.15, 0.2) is 5.78 Å². The van der Waals surface area contributed by atoms with Crippen molar-refractivity contribution in [3.8, 4) is 0 Å². The number of nitrogens with one attached hydrogen (secondary N) is 1. The average molecular weight is 291 g/mol. The van der Waals surface area contributed by atoms with Crippen molar-refractivity contribution < 1.29 is 14.3 Å². The smallest absolute Gasteiger partial charge is 0.305 e.